The number of benzene rings is 2. The molecular weight excluding hydrogens is 326 g/mol. The van der Waals surface area contributed by atoms with Crippen LogP contribution in [-0.2, 0) is 29.0 Å². The summed E-state index contributed by atoms with van der Waals surface area (Å²) in [5.41, 5.74) is 5.59. The third kappa shape index (κ3) is 3.61. The average molecular weight is 353 g/mol. The minimum atomic E-state index is -0.335. The summed E-state index contributed by atoms with van der Waals surface area (Å²) in [6.07, 6.45) is 0.631. The summed E-state index contributed by atoms with van der Waals surface area (Å²) in [5, 5.41) is 10.5. The largest absolute Gasteiger partial charge is 0.508 e. The van der Waals surface area contributed by atoms with Crippen molar-refractivity contribution in [3.8, 4) is 5.75 Å². The highest BCUT2D eigenvalue weighted by Crippen LogP contribution is 2.31. The predicted molar refractivity (Wildman–Crippen MR) is 102 cm³/mol. The molecule has 0 saturated carbocycles. The van der Waals surface area contributed by atoms with E-state index in [4.69, 9.17) is 4.74 Å². The van der Waals surface area contributed by atoms with Crippen molar-refractivity contribution < 1.29 is 14.6 Å². The van der Waals surface area contributed by atoms with Crippen molar-refractivity contribution in [3.05, 3.63) is 64.2 Å². The molecule has 138 valence electrons. The molecule has 2 aromatic rings. The van der Waals surface area contributed by atoms with Gasteiger partial charge in [0, 0.05) is 18.7 Å². The highest BCUT2D eigenvalue weighted by molar-refractivity contribution is 5.76. The topological polar surface area (TPSA) is 49.8 Å². The van der Waals surface area contributed by atoms with Crippen LogP contribution in [0, 0.1) is 6.92 Å². The standard InChI is InChI=1S/C22H27NO3/c1-14(2)19-10-18(21(24)9-15(19)3)13-23-12-17-8-6-5-7-16(17)11-20(23)22(25)26-4/h5-10,14,20,24H,11-13H2,1-4H3. The fourth-order valence-electron chi connectivity index (χ4n) is 3.84. The van der Waals surface area contributed by atoms with Gasteiger partial charge in [-0.05, 0) is 47.6 Å². The fraction of sp³-hybridized carbons (Fsp3) is 0.409. The Labute approximate surface area is 155 Å². The Morgan fingerprint density at radius 3 is 2.62 bits per heavy atom. The number of phenolic OH excluding ortho intramolecular Hbond substituents is 1. The number of methoxy groups -OCH3 is 1. The van der Waals surface area contributed by atoms with Crippen LogP contribution in [0.1, 0.15) is 47.6 Å². The molecule has 4 nitrogen and oxygen atoms in total. The Morgan fingerprint density at radius 2 is 1.96 bits per heavy atom. The van der Waals surface area contributed by atoms with Crippen molar-refractivity contribution in [1.29, 1.82) is 0 Å². The lowest BCUT2D eigenvalue weighted by Gasteiger charge is -2.35. The SMILES string of the molecule is COC(=O)C1Cc2ccccc2CN1Cc1cc(C(C)C)c(C)cc1O. The Kier molecular flexibility index (Phi) is 5.33. The first-order valence-electron chi connectivity index (χ1n) is 9.11. The van der Waals surface area contributed by atoms with E-state index >= 15 is 0 Å². The van der Waals surface area contributed by atoms with Gasteiger partial charge in [-0.25, -0.2) is 0 Å². The highest BCUT2D eigenvalue weighted by atomic mass is 16.5. The fourth-order valence-corrected chi connectivity index (χ4v) is 3.84. The van der Waals surface area contributed by atoms with Gasteiger partial charge in [0.05, 0.1) is 7.11 Å². The van der Waals surface area contributed by atoms with Gasteiger partial charge < -0.3 is 9.84 Å². The maximum Gasteiger partial charge on any atom is 0.323 e. The number of esters is 1. The minimum absolute atomic E-state index is 0.227. The summed E-state index contributed by atoms with van der Waals surface area (Å²) in [6.45, 7) is 7.50. The number of ether oxygens (including phenoxy) is 1. The van der Waals surface area contributed by atoms with Gasteiger partial charge in [-0.1, -0.05) is 44.2 Å². The maximum absolute atomic E-state index is 12.4. The quantitative estimate of drug-likeness (QED) is 0.847. The zero-order valence-corrected chi connectivity index (χ0v) is 16.0. The number of rotatable bonds is 4. The molecule has 1 aliphatic rings. The molecule has 0 spiro atoms. The van der Waals surface area contributed by atoms with E-state index in [1.807, 2.05) is 25.1 Å². The number of nitrogens with zero attached hydrogens (tertiary/aromatic N) is 1. The van der Waals surface area contributed by atoms with Crippen molar-refractivity contribution in [2.45, 2.75) is 52.2 Å². The van der Waals surface area contributed by atoms with Crippen LogP contribution in [0.25, 0.3) is 0 Å². The number of aromatic hydroxyl groups is 1. The highest BCUT2D eigenvalue weighted by Gasteiger charge is 2.32. The first kappa shape index (κ1) is 18.5. The van der Waals surface area contributed by atoms with E-state index in [0.717, 1.165) is 11.1 Å². The Bertz CT molecular complexity index is 813. The molecule has 0 bridgehead atoms. The molecule has 1 unspecified atom stereocenters. The van der Waals surface area contributed by atoms with Crippen LogP contribution in [0.2, 0.25) is 0 Å². The molecule has 26 heavy (non-hydrogen) atoms. The minimum Gasteiger partial charge on any atom is -0.508 e. The average Bonchev–Trinajstić information content (AvgIpc) is 2.62. The van der Waals surface area contributed by atoms with Crippen LogP contribution < -0.4 is 0 Å². The molecule has 0 amide bonds. The Hall–Kier alpha value is -2.33. The Morgan fingerprint density at radius 1 is 1.27 bits per heavy atom. The van der Waals surface area contributed by atoms with Gasteiger partial charge in [0.1, 0.15) is 11.8 Å². The molecule has 0 aromatic heterocycles. The molecule has 0 fully saturated rings. The van der Waals surface area contributed by atoms with E-state index in [-0.39, 0.29) is 17.8 Å². The van der Waals surface area contributed by atoms with Gasteiger partial charge in [0.15, 0.2) is 0 Å². The molecule has 1 atom stereocenters. The molecule has 2 aromatic carbocycles. The molecule has 0 saturated heterocycles. The third-order valence-corrected chi connectivity index (χ3v) is 5.28. The van der Waals surface area contributed by atoms with Gasteiger partial charge >= 0.3 is 5.97 Å². The van der Waals surface area contributed by atoms with E-state index in [1.54, 1.807) is 0 Å². The predicted octanol–water partition coefficient (Wildman–Crippen LogP) is 3.92. The number of phenols is 1. The first-order chi connectivity index (χ1) is 12.4. The van der Waals surface area contributed by atoms with Gasteiger partial charge in [-0.15, -0.1) is 0 Å². The molecule has 3 rings (SSSR count). The second-order valence-electron chi connectivity index (χ2n) is 7.41. The van der Waals surface area contributed by atoms with Crippen molar-refractivity contribution in [3.63, 3.8) is 0 Å². The lowest BCUT2D eigenvalue weighted by Crippen LogP contribution is -2.45. The molecule has 0 radical (unpaired) electrons. The van der Waals surface area contributed by atoms with Crippen LogP contribution >= 0.6 is 0 Å². The number of carbonyl (C=O) groups excluding carboxylic acids is 1. The number of hydrogen-bond acceptors (Lipinski definition) is 4. The van der Waals surface area contributed by atoms with Crippen LogP contribution in [-0.4, -0.2) is 29.1 Å². The normalized spacial score (nSPS) is 17.2. The summed E-state index contributed by atoms with van der Waals surface area (Å²) < 4.78 is 5.04. The maximum atomic E-state index is 12.4. The summed E-state index contributed by atoms with van der Waals surface area (Å²) in [6, 6.07) is 11.8. The summed E-state index contributed by atoms with van der Waals surface area (Å²) in [5.74, 6) is 0.442. The molecule has 0 aliphatic carbocycles. The van der Waals surface area contributed by atoms with E-state index in [0.29, 0.717) is 25.4 Å². The number of fused-ring (bicyclic) bond motifs is 1. The van der Waals surface area contributed by atoms with Crippen LogP contribution in [0.15, 0.2) is 36.4 Å². The third-order valence-electron chi connectivity index (χ3n) is 5.28. The summed E-state index contributed by atoms with van der Waals surface area (Å²) in [4.78, 5) is 14.5. The monoisotopic (exact) mass is 353 g/mol. The van der Waals surface area contributed by atoms with Crippen molar-refractivity contribution in [2.24, 2.45) is 0 Å². The lowest BCUT2D eigenvalue weighted by molar-refractivity contribution is -0.148. The van der Waals surface area contributed by atoms with E-state index in [1.165, 1.54) is 23.8 Å². The zero-order chi connectivity index (χ0) is 18.8. The van der Waals surface area contributed by atoms with E-state index in [9.17, 15) is 9.90 Å². The van der Waals surface area contributed by atoms with Gasteiger partial charge in [-0.2, -0.15) is 0 Å². The van der Waals surface area contributed by atoms with Crippen LogP contribution in [0.3, 0.4) is 0 Å². The lowest BCUT2D eigenvalue weighted by atomic mass is 9.92. The smallest absolute Gasteiger partial charge is 0.323 e. The second kappa shape index (κ2) is 7.50. The van der Waals surface area contributed by atoms with Gasteiger partial charge in [-0.3, -0.25) is 9.69 Å². The first-order valence-corrected chi connectivity index (χ1v) is 9.11. The summed E-state index contributed by atoms with van der Waals surface area (Å²) in [7, 11) is 1.43. The van der Waals surface area contributed by atoms with Crippen molar-refractivity contribution >= 4 is 5.97 Å². The molecule has 1 heterocycles. The summed E-state index contributed by atoms with van der Waals surface area (Å²) >= 11 is 0. The van der Waals surface area contributed by atoms with Gasteiger partial charge in [0.25, 0.3) is 0 Å². The van der Waals surface area contributed by atoms with Crippen molar-refractivity contribution in [1.82, 2.24) is 4.90 Å². The van der Waals surface area contributed by atoms with E-state index in [2.05, 4.69) is 36.9 Å². The van der Waals surface area contributed by atoms with Gasteiger partial charge in [0.2, 0.25) is 0 Å². The number of hydrogen-bond donors (Lipinski definition) is 1. The molecule has 1 aliphatic heterocycles. The Balaban J connectivity index is 1.94. The van der Waals surface area contributed by atoms with Crippen LogP contribution in [0.5, 0.6) is 5.75 Å². The van der Waals surface area contributed by atoms with E-state index < -0.39 is 0 Å². The molecule has 1 N–H and O–H groups in total. The van der Waals surface area contributed by atoms with Crippen LogP contribution in [0.4, 0.5) is 0 Å². The zero-order valence-electron chi connectivity index (χ0n) is 16.0. The number of aryl methyl sites for hydroxylation is 1. The second-order valence-corrected chi connectivity index (χ2v) is 7.41. The molecule has 4 heteroatoms. The van der Waals surface area contributed by atoms with Crippen molar-refractivity contribution in [2.75, 3.05) is 7.11 Å². The number of carbonyl (C=O) groups is 1. The molecular formula is C22H27NO3.